The number of ketones is 1. The Morgan fingerprint density at radius 2 is 1.74 bits per heavy atom. The minimum absolute atomic E-state index is 0.0555. The molecule has 1 aliphatic heterocycles. The highest BCUT2D eigenvalue weighted by molar-refractivity contribution is 7.09. The number of Topliss-reactive ketones (excluding diaryl/α,β-unsaturated/α-hetero) is 1. The molecule has 3 aromatic rings. The van der Waals surface area contributed by atoms with E-state index in [1.807, 2.05) is 23.6 Å². The summed E-state index contributed by atoms with van der Waals surface area (Å²) in [7, 11) is 3.10. The zero-order valence-corrected chi connectivity index (χ0v) is 17.9. The van der Waals surface area contributed by atoms with Crippen LogP contribution in [0.1, 0.15) is 22.0 Å². The van der Waals surface area contributed by atoms with Gasteiger partial charge in [0.1, 0.15) is 17.3 Å². The Hall–Kier alpha value is -3.58. The first-order valence-corrected chi connectivity index (χ1v) is 10.5. The number of hydrogen-bond donors (Lipinski definition) is 1. The average molecular weight is 436 g/mol. The van der Waals surface area contributed by atoms with Crippen LogP contribution in [-0.2, 0) is 16.1 Å². The number of hydrogen-bond acceptors (Lipinski definition) is 6. The van der Waals surface area contributed by atoms with Gasteiger partial charge in [-0.2, -0.15) is 0 Å². The number of amides is 1. The molecule has 2 heterocycles. The highest BCUT2D eigenvalue weighted by Crippen LogP contribution is 2.41. The van der Waals surface area contributed by atoms with Gasteiger partial charge in [0.15, 0.2) is 0 Å². The van der Waals surface area contributed by atoms with Gasteiger partial charge in [-0.3, -0.25) is 9.59 Å². The Morgan fingerprint density at radius 1 is 1.00 bits per heavy atom. The lowest BCUT2D eigenvalue weighted by molar-refractivity contribution is -0.140. The van der Waals surface area contributed by atoms with Crippen LogP contribution in [0.2, 0.25) is 0 Å². The summed E-state index contributed by atoms with van der Waals surface area (Å²) in [4.78, 5) is 28.5. The maximum atomic E-state index is 13.1. The molecule has 0 aliphatic carbocycles. The number of benzene rings is 2. The molecule has 1 fully saturated rings. The number of nitrogens with zero attached hydrogens (tertiary/aromatic N) is 1. The fraction of sp³-hybridized carbons (Fsp3) is 0.167. The molecule has 1 unspecified atom stereocenters. The third-order valence-corrected chi connectivity index (χ3v) is 6.08. The highest BCUT2D eigenvalue weighted by atomic mass is 32.1. The molecule has 1 aromatic heterocycles. The minimum atomic E-state index is -0.737. The van der Waals surface area contributed by atoms with Crippen molar-refractivity contribution in [3.05, 3.63) is 87.6 Å². The third kappa shape index (κ3) is 3.92. The maximum Gasteiger partial charge on any atom is 0.295 e. The second kappa shape index (κ2) is 8.65. The zero-order valence-electron chi connectivity index (χ0n) is 17.1. The van der Waals surface area contributed by atoms with Crippen LogP contribution in [0.4, 0.5) is 0 Å². The van der Waals surface area contributed by atoms with Gasteiger partial charge in [0, 0.05) is 10.4 Å². The molecule has 1 aliphatic rings. The lowest BCUT2D eigenvalue weighted by Gasteiger charge is -2.25. The molecular formula is C24H21NO5S. The quantitative estimate of drug-likeness (QED) is 0.353. The predicted molar refractivity (Wildman–Crippen MR) is 118 cm³/mol. The molecular weight excluding hydrogens is 414 g/mol. The molecule has 0 radical (unpaired) electrons. The largest absolute Gasteiger partial charge is 0.507 e. The summed E-state index contributed by atoms with van der Waals surface area (Å²) in [6.45, 7) is 0.267. The van der Waals surface area contributed by atoms with E-state index in [1.54, 1.807) is 56.7 Å². The average Bonchev–Trinajstić information content (AvgIpc) is 3.41. The van der Waals surface area contributed by atoms with Crippen LogP contribution in [0.5, 0.6) is 11.5 Å². The van der Waals surface area contributed by atoms with Crippen LogP contribution < -0.4 is 9.47 Å². The number of carbonyl (C=O) groups is 2. The Morgan fingerprint density at radius 3 is 2.39 bits per heavy atom. The van der Waals surface area contributed by atoms with E-state index in [9.17, 15) is 14.7 Å². The first kappa shape index (κ1) is 20.7. The van der Waals surface area contributed by atoms with E-state index >= 15 is 0 Å². The van der Waals surface area contributed by atoms with E-state index < -0.39 is 17.7 Å². The normalized spacial score (nSPS) is 17.7. The summed E-state index contributed by atoms with van der Waals surface area (Å²) < 4.78 is 10.5. The van der Waals surface area contributed by atoms with E-state index in [1.165, 1.54) is 16.2 Å². The summed E-state index contributed by atoms with van der Waals surface area (Å²) in [5.41, 5.74) is 1.17. The van der Waals surface area contributed by atoms with Gasteiger partial charge in [0.2, 0.25) is 0 Å². The number of aliphatic hydroxyl groups is 1. The number of likely N-dealkylation sites (tertiary alicyclic amines) is 1. The van der Waals surface area contributed by atoms with Gasteiger partial charge in [-0.15, -0.1) is 11.3 Å². The molecule has 1 atom stereocenters. The predicted octanol–water partition coefficient (Wildman–Crippen LogP) is 4.39. The van der Waals surface area contributed by atoms with Crippen LogP contribution >= 0.6 is 11.3 Å². The smallest absolute Gasteiger partial charge is 0.295 e. The van der Waals surface area contributed by atoms with Crippen LogP contribution in [0, 0.1) is 0 Å². The Kier molecular flexibility index (Phi) is 5.77. The molecule has 1 N–H and O–H groups in total. The van der Waals surface area contributed by atoms with Gasteiger partial charge in [0.05, 0.1) is 32.4 Å². The molecule has 1 saturated heterocycles. The van der Waals surface area contributed by atoms with Crippen molar-refractivity contribution >= 4 is 28.8 Å². The molecule has 0 spiro atoms. The van der Waals surface area contributed by atoms with Gasteiger partial charge in [-0.1, -0.05) is 18.2 Å². The van der Waals surface area contributed by atoms with Gasteiger partial charge in [0.25, 0.3) is 11.7 Å². The van der Waals surface area contributed by atoms with Gasteiger partial charge >= 0.3 is 0 Å². The van der Waals surface area contributed by atoms with Crippen LogP contribution in [0.25, 0.3) is 5.76 Å². The summed E-state index contributed by atoms with van der Waals surface area (Å²) in [6, 6.07) is 17.0. The number of thiophene rings is 1. The number of methoxy groups -OCH3 is 2. The van der Waals surface area contributed by atoms with Gasteiger partial charge < -0.3 is 19.5 Å². The van der Waals surface area contributed by atoms with Crippen LogP contribution in [0.15, 0.2) is 71.6 Å². The van der Waals surface area contributed by atoms with E-state index in [4.69, 9.17) is 9.47 Å². The van der Waals surface area contributed by atoms with E-state index in [2.05, 4.69) is 0 Å². The number of ether oxygens (including phenoxy) is 2. The highest BCUT2D eigenvalue weighted by Gasteiger charge is 2.46. The second-order valence-electron chi connectivity index (χ2n) is 7.01. The molecule has 6 nitrogen and oxygen atoms in total. The lowest BCUT2D eigenvalue weighted by Crippen LogP contribution is -2.28. The molecule has 0 saturated carbocycles. The second-order valence-corrected chi connectivity index (χ2v) is 8.04. The van der Waals surface area contributed by atoms with E-state index in [0.717, 1.165) is 4.88 Å². The topological polar surface area (TPSA) is 76.1 Å². The Bertz CT molecular complexity index is 1140. The first-order chi connectivity index (χ1) is 15.0. The SMILES string of the molecule is COc1ccc(/C(O)=C2/C(=O)C(=O)N(Cc3cccs3)C2c2cccc(OC)c2)cc1. The minimum Gasteiger partial charge on any atom is -0.507 e. The Labute approximate surface area is 184 Å². The van der Waals surface area contributed by atoms with Crippen molar-refractivity contribution in [3.63, 3.8) is 0 Å². The van der Waals surface area contributed by atoms with Crippen molar-refractivity contribution < 1.29 is 24.2 Å². The summed E-state index contributed by atoms with van der Waals surface area (Å²) in [5.74, 6) is -0.348. The summed E-state index contributed by atoms with van der Waals surface area (Å²) in [5, 5.41) is 13.0. The zero-order chi connectivity index (χ0) is 22.0. The van der Waals surface area contributed by atoms with Crippen molar-refractivity contribution in [2.45, 2.75) is 12.6 Å². The summed E-state index contributed by atoms with van der Waals surface area (Å²) >= 11 is 1.51. The molecule has 31 heavy (non-hydrogen) atoms. The Balaban J connectivity index is 1.86. The van der Waals surface area contributed by atoms with Gasteiger partial charge in [-0.05, 0) is 53.4 Å². The third-order valence-electron chi connectivity index (χ3n) is 5.22. The molecule has 2 aromatic carbocycles. The molecule has 0 bridgehead atoms. The molecule has 4 rings (SSSR count). The van der Waals surface area contributed by atoms with E-state index in [0.29, 0.717) is 22.6 Å². The van der Waals surface area contributed by atoms with Crippen LogP contribution in [0.3, 0.4) is 0 Å². The van der Waals surface area contributed by atoms with Crippen LogP contribution in [-0.4, -0.2) is 35.9 Å². The maximum absolute atomic E-state index is 13.1. The molecule has 7 heteroatoms. The molecule has 1 amide bonds. The first-order valence-electron chi connectivity index (χ1n) is 9.62. The van der Waals surface area contributed by atoms with E-state index in [-0.39, 0.29) is 17.9 Å². The standard InChI is InChI=1S/C24H21NO5S/c1-29-17-10-8-15(9-11-17)22(26)20-21(16-5-3-6-18(13-16)30-2)25(24(28)23(20)27)14-19-7-4-12-31-19/h3-13,21,26H,14H2,1-2H3/b22-20-. The number of rotatable bonds is 6. The number of aliphatic hydroxyl groups excluding tert-OH is 1. The van der Waals surface area contributed by atoms with Crippen molar-refractivity contribution in [3.8, 4) is 11.5 Å². The molecule has 158 valence electrons. The van der Waals surface area contributed by atoms with Crippen molar-refractivity contribution in [1.82, 2.24) is 4.90 Å². The monoisotopic (exact) mass is 435 g/mol. The van der Waals surface area contributed by atoms with Crippen molar-refractivity contribution in [2.75, 3.05) is 14.2 Å². The van der Waals surface area contributed by atoms with Crippen molar-refractivity contribution in [1.29, 1.82) is 0 Å². The number of carbonyl (C=O) groups excluding carboxylic acids is 2. The summed E-state index contributed by atoms with van der Waals surface area (Å²) in [6.07, 6.45) is 0. The van der Waals surface area contributed by atoms with Gasteiger partial charge in [-0.25, -0.2) is 0 Å². The van der Waals surface area contributed by atoms with Crippen molar-refractivity contribution in [2.24, 2.45) is 0 Å². The lowest BCUT2D eigenvalue weighted by atomic mass is 9.95. The fourth-order valence-electron chi connectivity index (χ4n) is 3.68. The fourth-order valence-corrected chi connectivity index (χ4v) is 4.38.